The lowest BCUT2D eigenvalue weighted by molar-refractivity contribution is 0.00539. The fraction of sp³-hybridized carbons (Fsp3) is 0.692. The Morgan fingerprint density at radius 2 is 2.05 bits per heavy atom. The van der Waals surface area contributed by atoms with Crippen LogP contribution in [0.5, 0.6) is 0 Å². The number of ether oxygens (including phenoxy) is 1. The monoisotopic (exact) mass is 316 g/mol. The molecule has 7 heteroatoms. The zero-order chi connectivity index (χ0) is 14.0. The molecule has 0 bridgehead atoms. The molecule has 0 aliphatic carbocycles. The number of sulfonamides is 1. The molecule has 5 nitrogen and oxygen atoms in total. The van der Waals surface area contributed by atoms with Gasteiger partial charge in [-0.3, -0.25) is 4.90 Å². The van der Waals surface area contributed by atoms with Crippen molar-refractivity contribution in [1.82, 2.24) is 9.21 Å². The van der Waals surface area contributed by atoms with Crippen LogP contribution in [0.25, 0.3) is 0 Å². The molecule has 0 unspecified atom stereocenters. The van der Waals surface area contributed by atoms with Crippen LogP contribution in [0.15, 0.2) is 21.7 Å². The molecule has 2 saturated heterocycles. The van der Waals surface area contributed by atoms with Crippen LogP contribution in [0, 0.1) is 0 Å². The first-order valence-corrected chi connectivity index (χ1v) is 9.35. The van der Waals surface area contributed by atoms with Crippen LogP contribution in [0.3, 0.4) is 0 Å². The number of morpholine rings is 1. The Balaban J connectivity index is 1.71. The maximum Gasteiger partial charge on any atom is 0.252 e. The Kier molecular flexibility index (Phi) is 4.42. The van der Waals surface area contributed by atoms with E-state index in [9.17, 15) is 8.42 Å². The van der Waals surface area contributed by atoms with Crippen molar-refractivity contribution >= 4 is 21.4 Å². The van der Waals surface area contributed by atoms with Gasteiger partial charge in [-0.05, 0) is 24.3 Å². The maximum absolute atomic E-state index is 12.6. The van der Waals surface area contributed by atoms with E-state index in [1.165, 1.54) is 11.3 Å². The molecule has 0 radical (unpaired) electrons. The summed E-state index contributed by atoms with van der Waals surface area (Å²) in [5, 5.41) is 1.82. The van der Waals surface area contributed by atoms with Crippen molar-refractivity contribution in [3.05, 3.63) is 17.5 Å². The van der Waals surface area contributed by atoms with Gasteiger partial charge in [0.1, 0.15) is 4.21 Å². The van der Waals surface area contributed by atoms with Gasteiger partial charge in [0, 0.05) is 32.2 Å². The van der Waals surface area contributed by atoms with E-state index in [0.29, 0.717) is 23.3 Å². The largest absolute Gasteiger partial charge is 0.379 e. The van der Waals surface area contributed by atoms with E-state index in [1.807, 2.05) is 5.38 Å². The highest BCUT2D eigenvalue weighted by Gasteiger charge is 2.33. The van der Waals surface area contributed by atoms with Gasteiger partial charge < -0.3 is 4.74 Å². The summed E-state index contributed by atoms with van der Waals surface area (Å²) >= 11 is 1.30. The van der Waals surface area contributed by atoms with Crippen molar-refractivity contribution in [2.45, 2.75) is 23.1 Å². The zero-order valence-corrected chi connectivity index (χ0v) is 13.0. The van der Waals surface area contributed by atoms with Crippen LogP contribution in [-0.4, -0.2) is 63.1 Å². The molecule has 0 amide bonds. The van der Waals surface area contributed by atoms with E-state index in [4.69, 9.17) is 4.74 Å². The lowest BCUT2D eigenvalue weighted by atomic mass is 10.1. The minimum atomic E-state index is -3.30. The zero-order valence-electron chi connectivity index (χ0n) is 11.4. The Labute approximate surface area is 124 Å². The molecule has 3 rings (SSSR count). The van der Waals surface area contributed by atoms with Gasteiger partial charge in [0.2, 0.25) is 0 Å². The Morgan fingerprint density at radius 1 is 1.25 bits per heavy atom. The molecule has 2 aliphatic rings. The topological polar surface area (TPSA) is 49.9 Å². The summed E-state index contributed by atoms with van der Waals surface area (Å²) in [5.41, 5.74) is 0. The molecule has 2 fully saturated rings. The second-order valence-electron chi connectivity index (χ2n) is 5.24. The van der Waals surface area contributed by atoms with E-state index >= 15 is 0 Å². The van der Waals surface area contributed by atoms with Gasteiger partial charge in [0.15, 0.2) is 0 Å². The number of rotatable bonds is 3. The summed E-state index contributed by atoms with van der Waals surface area (Å²) < 4.78 is 32.6. The normalized spacial score (nSPS) is 26.7. The molecule has 1 aromatic rings. The third kappa shape index (κ3) is 2.92. The number of hydrogen-bond donors (Lipinski definition) is 0. The first-order chi connectivity index (χ1) is 9.68. The van der Waals surface area contributed by atoms with E-state index in [-0.39, 0.29) is 0 Å². The van der Waals surface area contributed by atoms with Crippen LogP contribution >= 0.6 is 11.3 Å². The fourth-order valence-electron chi connectivity index (χ4n) is 2.92. The van der Waals surface area contributed by atoms with Crippen molar-refractivity contribution in [2.24, 2.45) is 0 Å². The van der Waals surface area contributed by atoms with Gasteiger partial charge in [-0.25, -0.2) is 8.42 Å². The second-order valence-corrected chi connectivity index (χ2v) is 8.35. The predicted octanol–water partition coefficient (Wildman–Crippen LogP) is 1.23. The van der Waals surface area contributed by atoms with Crippen LogP contribution < -0.4 is 0 Å². The van der Waals surface area contributed by atoms with Gasteiger partial charge in [-0.2, -0.15) is 4.31 Å². The van der Waals surface area contributed by atoms with Crippen molar-refractivity contribution < 1.29 is 13.2 Å². The van der Waals surface area contributed by atoms with Crippen molar-refractivity contribution in [3.63, 3.8) is 0 Å². The van der Waals surface area contributed by atoms with E-state index < -0.39 is 10.0 Å². The molecule has 112 valence electrons. The molecule has 0 saturated carbocycles. The molecular weight excluding hydrogens is 296 g/mol. The number of thiophene rings is 1. The highest BCUT2D eigenvalue weighted by Crippen LogP contribution is 2.26. The summed E-state index contributed by atoms with van der Waals surface area (Å²) in [4.78, 5) is 2.37. The molecule has 20 heavy (non-hydrogen) atoms. The molecular formula is C13H20N2O3S2. The summed E-state index contributed by atoms with van der Waals surface area (Å²) in [6.07, 6.45) is 2.02. The highest BCUT2D eigenvalue weighted by atomic mass is 32.2. The molecule has 1 atom stereocenters. The first kappa shape index (κ1) is 14.5. The van der Waals surface area contributed by atoms with Gasteiger partial charge in [0.25, 0.3) is 10.0 Å². The SMILES string of the molecule is O=S(=O)(c1cccs1)N1CCC[C@@H](N2CCOCC2)C1. The molecule has 0 aromatic carbocycles. The minimum Gasteiger partial charge on any atom is -0.379 e. The van der Waals surface area contributed by atoms with Crippen molar-refractivity contribution in [2.75, 3.05) is 39.4 Å². The number of nitrogens with zero attached hydrogens (tertiary/aromatic N) is 2. The third-order valence-corrected chi connectivity index (χ3v) is 7.25. The number of piperidine rings is 1. The summed E-state index contributed by atoms with van der Waals surface area (Å²) in [6.45, 7) is 4.60. The van der Waals surface area contributed by atoms with Gasteiger partial charge in [0.05, 0.1) is 13.2 Å². The molecule has 2 aliphatic heterocycles. The minimum absolute atomic E-state index is 0.336. The molecule has 1 aromatic heterocycles. The molecule has 0 N–H and O–H groups in total. The Bertz CT molecular complexity index is 524. The van der Waals surface area contributed by atoms with Gasteiger partial charge in [-0.15, -0.1) is 11.3 Å². The van der Waals surface area contributed by atoms with Gasteiger partial charge >= 0.3 is 0 Å². The average molecular weight is 316 g/mol. The Hall–Kier alpha value is -0.470. The molecule has 0 spiro atoms. The third-order valence-electron chi connectivity index (χ3n) is 4.01. The maximum atomic E-state index is 12.6. The first-order valence-electron chi connectivity index (χ1n) is 7.03. The lowest BCUT2D eigenvalue weighted by Crippen LogP contribution is -2.52. The predicted molar refractivity (Wildman–Crippen MR) is 78.5 cm³/mol. The van der Waals surface area contributed by atoms with Crippen LogP contribution in [0.2, 0.25) is 0 Å². The standard InChI is InChI=1S/C13H20N2O3S2/c16-20(17,13-4-2-10-19-13)15-5-1-3-12(11-15)14-6-8-18-9-7-14/h2,4,10,12H,1,3,5-9,11H2/t12-/m1/s1. The Morgan fingerprint density at radius 3 is 2.75 bits per heavy atom. The smallest absolute Gasteiger partial charge is 0.252 e. The fourth-order valence-corrected chi connectivity index (χ4v) is 5.58. The summed E-state index contributed by atoms with van der Waals surface area (Å²) in [6, 6.07) is 3.82. The summed E-state index contributed by atoms with van der Waals surface area (Å²) in [7, 11) is -3.30. The summed E-state index contributed by atoms with van der Waals surface area (Å²) in [5.74, 6) is 0. The lowest BCUT2D eigenvalue weighted by Gasteiger charge is -2.40. The highest BCUT2D eigenvalue weighted by molar-refractivity contribution is 7.91. The van der Waals surface area contributed by atoms with Gasteiger partial charge in [-0.1, -0.05) is 6.07 Å². The van der Waals surface area contributed by atoms with E-state index in [0.717, 1.165) is 39.1 Å². The van der Waals surface area contributed by atoms with E-state index in [1.54, 1.807) is 16.4 Å². The van der Waals surface area contributed by atoms with E-state index in [2.05, 4.69) is 4.90 Å². The van der Waals surface area contributed by atoms with Crippen LogP contribution in [0.4, 0.5) is 0 Å². The number of hydrogen-bond acceptors (Lipinski definition) is 5. The van der Waals surface area contributed by atoms with Crippen molar-refractivity contribution in [1.29, 1.82) is 0 Å². The van der Waals surface area contributed by atoms with Crippen molar-refractivity contribution in [3.8, 4) is 0 Å². The van der Waals surface area contributed by atoms with Crippen LogP contribution in [-0.2, 0) is 14.8 Å². The second kappa shape index (κ2) is 6.11. The van der Waals surface area contributed by atoms with Crippen LogP contribution in [0.1, 0.15) is 12.8 Å². The quantitative estimate of drug-likeness (QED) is 0.842. The average Bonchev–Trinajstić information content (AvgIpc) is 3.03. The molecule has 3 heterocycles.